The van der Waals surface area contributed by atoms with Crippen LogP contribution in [0.15, 0.2) is 78.4 Å². The lowest BCUT2D eigenvalue weighted by atomic mass is 9.55. The topological polar surface area (TPSA) is 59.8 Å². The summed E-state index contributed by atoms with van der Waals surface area (Å²) in [6.07, 6.45) is 4.47. The number of imidazole rings is 1. The van der Waals surface area contributed by atoms with Gasteiger partial charge in [0, 0.05) is 28.7 Å². The van der Waals surface area contributed by atoms with Crippen LogP contribution < -0.4 is 5.32 Å². The quantitative estimate of drug-likeness (QED) is 0.309. The van der Waals surface area contributed by atoms with Crippen molar-refractivity contribution in [1.29, 1.82) is 0 Å². The van der Waals surface area contributed by atoms with Gasteiger partial charge >= 0.3 is 0 Å². The van der Waals surface area contributed by atoms with Gasteiger partial charge in [0.15, 0.2) is 5.13 Å². The van der Waals surface area contributed by atoms with Crippen LogP contribution in [0.1, 0.15) is 43.3 Å². The molecule has 7 heteroatoms. The molecule has 1 aliphatic carbocycles. The van der Waals surface area contributed by atoms with Crippen LogP contribution in [-0.4, -0.2) is 20.4 Å². The molecule has 5 aromatic rings. The van der Waals surface area contributed by atoms with E-state index in [1.165, 1.54) is 28.5 Å². The largest absolute Gasteiger partial charge is 0.326 e. The molecule has 0 spiro atoms. The van der Waals surface area contributed by atoms with Crippen molar-refractivity contribution in [2.75, 3.05) is 5.32 Å². The van der Waals surface area contributed by atoms with Gasteiger partial charge in [-0.05, 0) is 48.9 Å². The maximum atomic E-state index is 14.3. The third-order valence-electron chi connectivity index (χ3n) is 8.00. The standard InChI is InChI=1S/C29H23FN4OS/c1-28-16-29(2,24(34-14-13-31-25(28)34)20-9-5-6-10-21(20)28)26(35)33-27-32-23(15-36-27)19-11-12-22(30)18-8-4-3-7-17(18)19/h3-15,24H,16H2,1-2H3,(H,32,33,35). The fourth-order valence-corrected chi connectivity index (χ4v) is 7.20. The van der Waals surface area contributed by atoms with Gasteiger partial charge < -0.3 is 9.88 Å². The maximum absolute atomic E-state index is 14.3. The summed E-state index contributed by atoms with van der Waals surface area (Å²) in [5.41, 5.74) is 2.94. The molecule has 2 aliphatic heterocycles. The molecular weight excluding hydrogens is 471 g/mol. The molecule has 3 aromatic carbocycles. The van der Waals surface area contributed by atoms with Crippen molar-refractivity contribution in [3.8, 4) is 11.3 Å². The molecular formula is C29H23FN4OS. The number of hydrogen-bond donors (Lipinski definition) is 1. The predicted molar refractivity (Wildman–Crippen MR) is 140 cm³/mol. The van der Waals surface area contributed by atoms with Crippen LogP contribution in [0.25, 0.3) is 22.0 Å². The number of nitrogens with one attached hydrogen (secondary N) is 1. The Morgan fingerprint density at radius 1 is 1.08 bits per heavy atom. The number of amides is 1. The number of rotatable bonds is 3. The molecule has 0 radical (unpaired) electrons. The number of carbonyl (C=O) groups is 1. The van der Waals surface area contributed by atoms with E-state index in [1.807, 2.05) is 49.0 Å². The number of anilines is 1. The van der Waals surface area contributed by atoms with E-state index in [-0.39, 0.29) is 23.2 Å². The van der Waals surface area contributed by atoms with Crippen molar-refractivity contribution >= 4 is 33.1 Å². The summed E-state index contributed by atoms with van der Waals surface area (Å²) < 4.78 is 16.5. The molecule has 0 saturated heterocycles. The summed E-state index contributed by atoms with van der Waals surface area (Å²) in [5.74, 6) is 0.694. The maximum Gasteiger partial charge on any atom is 0.234 e. The molecule has 3 atom stereocenters. The summed E-state index contributed by atoms with van der Waals surface area (Å²) in [4.78, 5) is 23.3. The average molecular weight is 495 g/mol. The van der Waals surface area contributed by atoms with Gasteiger partial charge in [0.05, 0.1) is 22.6 Å². The van der Waals surface area contributed by atoms with E-state index in [1.54, 1.807) is 12.1 Å². The minimum Gasteiger partial charge on any atom is -0.326 e. The lowest BCUT2D eigenvalue weighted by Crippen LogP contribution is -2.55. The van der Waals surface area contributed by atoms with Crippen LogP contribution in [0.3, 0.4) is 0 Å². The van der Waals surface area contributed by atoms with E-state index in [0.29, 0.717) is 16.9 Å². The first-order valence-corrected chi connectivity index (χ1v) is 12.9. The molecule has 8 rings (SSSR count). The second-order valence-corrected chi connectivity index (χ2v) is 11.1. The van der Waals surface area contributed by atoms with E-state index in [9.17, 15) is 9.18 Å². The van der Waals surface area contributed by atoms with Gasteiger partial charge in [-0.25, -0.2) is 14.4 Å². The number of halogens is 1. The fraction of sp³-hybridized carbons (Fsp3) is 0.207. The van der Waals surface area contributed by atoms with Crippen molar-refractivity contribution in [3.05, 3.63) is 101 Å². The van der Waals surface area contributed by atoms with E-state index >= 15 is 0 Å². The molecule has 2 bridgehead atoms. The zero-order valence-electron chi connectivity index (χ0n) is 19.8. The van der Waals surface area contributed by atoms with Gasteiger partial charge in [0.25, 0.3) is 0 Å². The predicted octanol–water partition coefficient (Wildman–Crippen LogP) is 6.56. The Hall–Kier alpha value is -3.84. The SMILES string of the molecule is CC12CC(C)(C(=O)Nc3nc(-c4ccc(F)c5ccccc45)cs3)C(c3ccccc31)n1ccnc12. The van der Waals surface area contributed by atoms with Crippen molar-refractivity contribution in [1.82, 2.24) is 14.5 Å². The van der Waals surface area contributed by atoms with Gasteiger partial charge in [-0.2, -0.15) is 0 Å². The first kappa shape index (κ1) is 21.4. The molecule has 3 unspecified atom stereocenters. The minimum absolute atomic E-state index is 0.0579. The van der Waals surface area contributed by atoms with Crippen molar-refractivity contribution in [3.63, 3.8) is 0 Å². The summed E-state index contributed by atoms with van der Waals surface area (Å²) >= 11 is 1.38. The van der Waals surface area contributed by atoms with E-state index < -0.39 is 5.41 Å². The molecule has 1 N–H and O–H groups in total. The number of carbonyl (C=O) groups excluding carboxylic acids is 1. The fourth-order valence-electron chi connectivity index (χ4n) is 6.50. The molecule has 36 heavy (non-hydrogen) atoms. The van der Waals surface area contributed by atoms with Crippen molar-refractivity contribution in [2.24, 2.45) is 5.41 Å². The number of nitrogens with zero attached hydrogens (tertiary/aromatic N) is 3. The summed E-state index contributed by atoms with van der Waals surface area (Å²) in [6, 6.07) is 18.8. The summed E-state index contributed by atoms with van der Waals surface area (Å²) in [5, 5.41) is 6.93. The monoisotopic (exact) mass is 494 g/mol. The summed E-state index contributed by atoms with van der Waals surface area (Å²) in [6.45, 7) is 4.23. The van der Waals surface area contributed by atoms with Crippen LogP contribution in [0.5, 0.6) is 0 Å². The second kappa shape index (κ2) is 7.34. The Bertz CT molecular complexity index is 1690. The first-order chi connectivity index (χ1) is 17.4. The Morgan fingerprint density at radius 2 is 1.86 bits per heavy atom. The van der Waals surface area contributed by atoms with Gasteiger partial charge in [-0.15, -0.1) is 11.3 Å². The zero-order valence-corrected chi connectivity index (χ0v) is 20.6. The highest BCUT2D eigenvalue weighted by Gasteiger charge is 2.59. The van der Waals surface area contributed by atoms with Gasteiger partial charge in [0.2, 0.25) is 5.91 Å². The normalized spacial score (nSPS) is 23.9. The Balaban J connectivity index is 1.25. The minimum atomic E-state index is -0.689. The Labute approximate surface area is 211 Å². The van der Waals surface area contributed by atoms with Gasteiger partial charge in [0.1, 0.15) is 11.6 Å². The molecule has 0 saturated carbocycles. The molecule has 2 aromatic heterocycles. The third-order valence-corrected chi connectivity index (χ3v) is 8.76. The number of thiazole rings is 1. The van der Waals surface area contributed by atoms with Crippen molar-refractivity contribution in [2.45, 2.75) is 31.7 Å². The van der Waals surface area contributed by atoms with Crippen LogP contribution >= 0.6 is 11.3 Å². The van der Waals surface area contributed by atoms with E-state index in [4.69, 9.17) is 4.98 Å². The highest BCUT2D eigenvalue weighted by Crippen LogP contribution is 2.60. The van der Waals surface area contributed by atoms with Crippen LogP contribution in [0.4, 0.5) is 9.52 Å². The molecule has 0 fully saturated rings. The van der Waals surface area contributed by atoms with Crippen molar-refractivity contribution < 1.29 is 9.18 Å². The molecule has 3 aliphatic rings. The van der Waals surface area contributed by atoms with Gasteiger partial charge in [-0.1, -0.05) is 48.5 Å². The smallest absolute Gasteiger partial charge is 0.234 e. The highest BCUT2D eigenvalue weighted by molar-refractivity contribution is 7.14. The van der Waals surface area contributed by atoms with Crippen LogP contribution in [-0.2, 0) is 10.2 Å². The first-order valence-electron chi connectivity index (χ1n) is 12.0. The summed E-state index contributed by atoms with van der Waals surface area (Å²) in [7, 11) is 0. The third kappa shape index (κ3) is 2.77. The average Bonchev–Trinajstić information content (AvgIpc) is 3.55. The highest BCUT2D eigenvalue weighted by atomic mass is 32.1. The molecule has 5 nitrogen and oxygen atoms in total. The number of aromatic nitrogens is 3. The molecule has 4 heterocycles. The van der Waals surface area contributed by atoms with Gasteiger partial charge in [-0.3, -0.25) is 4.79 Å². The Morgan fingerprint density at radius 3 is 2.72 bits per heavy atom. The number of fused-ring (bicyclic) bond motifs is 2. The lowest BCUT2D eigenvalue weighted by molar-refractivity contribution is -0.129. The van der Waals surface area contributed by atoms with Crippen LogP contribution in [0, 0.1) is 11.2 Å². The second-order valence-electron chi connectivity index (χ2n) is 10.2. The lowest BCUT2D eigenvalue weighted by Gasteiger charge is -2.54. The van der Waals surface area contributed by atoms with E-state index in [0.717, 1.165) is 22.5 Å². The zero-order chi connectivity index (χ0) is 24.7. The Kier molecular flexibility index (Phi) is 4.37. The molecule has 1 amide bonds. The van der Waals surface area contributed by atoms with Crippen LogP contribution in [0.2, 0.25) is 0 Å². The van der Waals surface area contributed by atoms with E-state index in [2.05, 4.69) is 40.0 Å². The molecule has 178 valence electrons. The number of hydrogen-bond acceptors (Lipinski definition) is 4. The number of benzene rings is 3.